The fourth-order valence-corrected chi connectivity index (χ4v) is 3.79. The summed E-state index contributed by atoms with van der Waals surface area (Å²) in [5, 5.41) is 9.97. The van der Waals surface area contributed by atoms with Crippen LogP contribution in [0.15, 0.2) is 34.9 Å². The van der Waals surface area contributed by atoms with E-state index in [0.29, 0.717) is 29.3 Å². The van der Waals surface area contributed by atoms with Crippen LogP contribution < -0.4 is 0 Å². The minimum absolute atomic E-state index is 0.145. The Hall–Kier alpha value is -1.53. The van der Waals surface area contributed by atoms with Crippen LogP contribution in [0.25, 0.3) is 0 Å². The van der Waals surface area contributed by atoms with Crippen molar-refractivity contribution in [3.63, 3.8) is 0 Å². The first-order valence-electron chi connectivity index (χ1n) is 7.27. The van der Waals surface area contributed by atoms with Crippen LogP contribution in [0.4, 0.5) is 4.39 Å². The number of aliphatic hydroxyl groups is 1. The van der Waals surface area contributed by atoms with E-state index in [2.05, 4.69) is 0 Å². The number of hydrogen-bond donors (Lipinski definition) is 1. The first-order valence-corrected chi connectivity index (χ1v) is 8.26. The predicted molar refractivity (Wildman–Crippen MR) is 82.6 cm³/mol. The highest BCUT2D eigenvalue weighted by molar-refractivity contribution is 8.04. The van der Waals surface area contributed by atoms with Crippen molar-refractivity contribution in [3.8, 4) is 0 Å². The van der Waals surface area contributed by atoms with Crippen molar-refractivity contribution in [2.75, 3.05) is 18.9 Å². The lowest BCUT2D eigenvalue weighted by Gasteiger charge is -2.27. The number of carbonyl (C=O) groups is 1. The summed E-state index contributed by atoms with van der Waals surface area (Å²) >= 11 is 1.48. The molecule has 0 bridgehead atoms. The molecule has 1 N–H and O–H groups in total. The highest BCUT2D eigenvalue weighted by Gasteiger charge is 2.37. The number of likely N-dealkylation sites (tertiary alicyclic amines) is 1. The zero-order chi connectivity index (χ0) is 15.7. The number of β-amino-alcohol motifs (C(OH)–C–C–N with tert-alkyl or cyclic N) is 1. The minimum Gasteiger partial charge on any atom is -0.496 e. The van der Waals surface area contributed by atoms with Crippen LogP contribution in [0, 0.1) is 5.82 Å². The molecule has 1 aromatic rings. The second-order valence-corrected chi connectivity index (χ2v) is 6.61. The quantitative estimate of drug-likeness (QED) is 0.908. The van der Waals surface area contributed by atoms with Gasteiger partial charge in [0.25, 0.3) is 5.91 Å². The summed E-state index contributed by atoms with van der Waals surface area (Å²) in [5.41, 5.74) is 0.713. The number of nitrogens with zero attached hydrogens (tertiary/aromatic N) is 1. The number of amides is 1. The van der Waals surface area contributed by atoms with Crippen molar-refractivity contribution in [3.05, 3.63) is 46.3 Å². The van der Waals surface area contributed by atoms with Gasteiger partial charge in [0, 0.05) is 12.3 Å². The van der Waals surface area contributed by atoms with E-state index < -0.39 is 6.10 Å². The Labute approximate surface area is 132 Å². The van der Waals surface area contributed by atoms with Crippen LogP contribution in [-0.2, 0) is 9.53 Å². The summed E-state index contributed by atoms with van der Waals surface area (Å²) in [6, 6.07) is 5.91. The molecule has 2 aliphatic rings. The molecule has 0 radical (unpaired) electrons. The Bertz CT molecular complexity index is 619. The predicted octanol–water partition coefficient (Wildman–Crippen LogP) is 2.45. The van der Waals surface area contributed by atoms with Crippen LogP contribution >= 0.6 is 11.8 Å². The first-order chi connectivity index (χ1) is 10.6. The molecule has 1 saturated heterocycles. The van der Waals surface area contributed by atoms with Gasteiger partial charge in [-0.05, 0) is 31.0 Å². The second kappa shape index (κ2) is 6.30. The molecule has 6 heteroatoms. The molecule has 0 spiro atoms. The third-order valence-electron chi connectivity index (χ3n) is 3.94. The number of halogens is 1. The van der Waals surface area contributed by atoms with E-state index in [9.17, 15) is 14.3 Å². The van der Waals surface area contributed by atoms with E-state index in [1.54, 1.807) is 24.0 Å². The lowest BCUT2D eigenvalue weighted by molar-refractivity contribution is -0.127. The van der Waals surface area contributed by atoms with Gasteiger partial charge >= 0.3 is 0 Å². The van der Waals surface area contributed by atoms with Crippen LogP contribution in [0.5, 0.6) is 0 Å². The number of thioether (sulfide) groups is 1. The minimum atomic E-state index is -0.590. The van der Waals surface area contributed by atoms with Crippen LogP contribution in [-0.4, -0.2) is 40.9 Å². The molecule has 0 aromatic heterocycles. The van der Waals surface area contributed by atoms with Crippen molar-refractivity contribution in [2.45, 2.75) is 25.5 Å². The maximum atomic E-state index is 13.5. The Balaban J connectivity index is 1.89. The zero-order valence-corrected chi connectivity index (χ0v) is 13.1. The van der Waals surface area contributed by atoms with E-state index in [-0.39, 0.29) is 24.3 Å². The van der Waals surface area contributed by atoms with E-state index in [1.165, 1.54) is 23.9 Å². The lowest BCUT2D eigenvalue weighted by atomic mass is 10.0. The van der Waals surface area contributed by atoms with Crippen molar-refractivity contribution in [2.24, 2.45) is 0 Å². The lowest BCUT2D eigenvalue weighted by Crippen LogP contribution is -2.33. The molecule has 2 atom stereocenters. The van der Waals surface area contributed by atoms with Crippen LogP contribution in [0.2, 0.25) is 0 Å². The maximum Gasteiger partial charge on any atom is 0.264 e. The number of hydrogen-bond acceptors (Lipinski definition) is 4. The van der Waals surface area contributed by atoms with Gasteiger partial charge in [-0.25, -0.2) is 4.39 Å². The fourth-order valence-electron chi connectivity index (χ4n) is 2.92. The van der Waals surface area contributed by atoms with Gasteiger partial charge in [-0.1, -0.05) is 12.1 Å². The topological polar surface area (TPSA) is 49.8 Å². The molecule has 3 rings (SSSR count). The van der Waals surface area contributed by atoms with Crippen molar-refractivity contribution in [1.29, 1.82) is 0 Å². The molecule has 2 heterocycles. The number of ether oxygens (including phenoxy) is 1. The summed E-state index contributed by atoms with van der Waals surface area (Å²) in [6.45, 7) is 2.64. The van der Waals surface area contributed by atoms with E-state index in [4.69, 9.17) is 4.74 Å². The van der Waals surface area contributed by atoms with Gasteiger partial charge in [0.2, 0.25) is 0 Å². The second-order valence-electron chi connectivity index (χ2n) is 5.50. The standard InChI is InChI=1S/C16H18FNO3S/c1-10-15(22-6-5-21-10)16(20)18-9-13(19)8-14(18)11-3-2-4-12(17)7-11/h2-4,7,13-14,19H,5-6,8-9H2,1H3. The molecule has 2 aliphatic heterocycles. The zero-order valence-electron chi connectivity index (χ0n) is 12.3. The number of benzene rings is 1. The highest BCUT2D eigenvalue weighted by atomic mass is 32.2. The maximum absolute atomic E-state index is 13.5. The largest absolute Gasteiger partial charge is 0.496 e. The molecule has 118 valence electrons. The Morgan fingerprint density at radius 2 is 2.32 bits per heavy atom. The monoisotopic (exact) mass is 323 g/mol. The molecular weight excluding hydrogens is 305 g/mol. The number of allylic oxidation sites excluding steroid dienone is 1. The Morgan fingerprint density at radius 3 is 3.05 bits per heavy atom. The van der Waals surface area contributed by atoms with Crippen LogP contribution in [0.1, 0.15) is 24.9 Å². The van der Waals surface area contributed by atoms with Gasteiger partial charge in [0.15, 0.2) is 0 Å². The Morgan fingerprint density at radius 1 is 1.50 bits per heavy atom. The van der Waals surface area contributed by atoms with Gasteiger partial charge in [0.1, 0.15) is 16.5 Å². The highest BCUT2D eigenvalue weighted by Crippen LogP contribution is 2.36. The average molecular weight is 323 g/mol. The van der Waals surface area contributed by atoms with Crippen molar-refractivity contribution < 1.29 is 19.0 Å². The Kier molecular flexibility index (Phi) is 4.40. The summed E-state index contributed by atoms with van der Waals surface area (Å²) < 4.78 is 18.9. The molecular formula is C16H18FNO3S. The van der Waals surface area contributed by atoms with E-state index in [1.807, 2.05) is 0 Å². The van der Waals surface area contributed by atoms with Crippen LogP contribution in [0.3, 0.4) is 0 Å². The molecule has 4 nitrogen and oxygen atoms in total. The first kappa shape index (κ1) is 15.4. The molecule has 22 heavy (non-hydrogen) atoms. The smallest absolute Gasteiger partial charge is 0.264 e. The SMILES string of the molecule is CC1=C(C(=O)N2CC(O)CC2c2cccc(F)c2)SCCO1. The van der Waals surface area contributed by atoms with Gasteiger partial charge in [-0.15, -0.1) is 11.8 Å². The number of carbonyl (C=O) groups excluding carboxylic acids is 1. The average Bonchev–Trinajstić information content (AvgIpc) is 2.89. The van der Waals surface area contributed by atoms with Crippen molar-refractivity contribution >= 4 is 17.7 Å². The number of aliphatic hydroxyl groups excluding tert-OH is 1. The van der Waals surface area contributed by atoms with Gasteiger partial charge < -0.3 is 14.7 Å². The molecule has 2 unspecified atom stereocenters. The fraction of sp³-hybridized carbons (Fsp3) is 0.438. The number of rotatable bonds is 2. The summed E-state index contributed by atoms with van der Waals surface area (Å²) in [4.78, 5) is 15.0. The van der Waals surface area contributed by atoms with E-state index in [0.717, 1.165) is 5.75 Å². The third-order valence-corrected chi connectivity index (χ3v) is 5.06. The van der Waals surface area contributed by atoms with Gasteiger partial charge in [0.05, 0.1) is 18.8 Å². The van der Waals surface area contributed by atoms with Gasteiger partial charge in [-0.3, -0.25) is 4.79 Å². The summed E-state index contributed by atoms with van der Waals surface area (Å²) in [6.07, 6.45) is -0.166. The third kappa shape index (κ3) is 2.98. The van der Waals surface area contributed by atoms with Crippen molar-refractivity contribution in [1.82, 2.24) is 4.90 Å². The molecule has 0 saturated carbocycles. The molecule has 1 amide bonds. The molecule has 1 fully saturated rings. The van der Waals surface area contributed by atoms with E-state index >= 15 is 0 Å². The van der Waals surface area contributed by atoms with Gasteiger partial charge in [-0.2, -0.15) is 0 Å². The summed E-state index contributed by atoms with van der Waals surface area (Å²) in [5.74, 6) is 0.880. The molecule has 1 aromatic carbocycles. The molecule has 0 aliphatic carbocycles. The summed E-state index contributed by atoms with van der Waals surface area (Å²) in [7, 11) is 0. The normalized spacial score (nSPS) is 25.3.